The van der Waals surface area contributed by atoms with Crippen LogP contribution in [-0.4, -0.2) is 53.9 Å². The number of halogens is 9. The highest BCUT2D eigenvalue weighted by Gasteiger charge is 2.54. The number of carbonyl (C=O) groups excluding carboxylic acids is 3. The molecule has 6 nitrogen and oxygen atoms in total. The van der Waals surface area contributed by atoms with Crippen molar-refractivity contribution in [3.05, 3.63) is 65.9 Å². The molecular formula is C26H22F9N3O3. The first kappa shape index (κ1) is 31.5. The Balaban J connectivity index is 0.000000327. The Morgan fingerprint density at radius 3 is 2.00 bits per heavy atom. The molecule has 1 aliphatic heterocycles. The van der Waals surface area contributed by atoms with Gasteiger partial charge in [0.15, 0.2) is 0 Å². The number of hydrogen-bond donors (Lipinski definition) is 2. The van der Waals surface area contributed by atoms with Gasteiger partial charge in [0.25, 0.3) is 0 Å². The summed E-state index contributed by atoms with van der Waals surface area (Å²) in [5.41, 5.74) is 2.05. The maximum atomic E-state index is 12.8. The Bertz CT molecular complexity index is 1350. The zero-order valence-electron chi connectivity index (χ0n) is 20.9. The highest BCUT2D eigenvalue weighted by molar-refractivity contribution is 6.41. The number of carbonyl (C=O) groups is 3. The SMILES string of the molecule is O=C(C(=O)C(F)(F)F)C(F)(F)F.O=C(Cc1c[nH]c2ccccc12)NC[C@H]1CCCN1c1ccc(C(F)(F)F)cc1. The van der Waals surface area contributed by atoms with Crippen molar-refractivity contribution in [1.82, 2.24) is 10.3 Å². The fourth-order valence-electron chi connectivity index (χ4n) is 4.23. The Morgan fingerprint density at radius 2 is 1.44 bits per heavy atom. The van der Waals surface area contributed by atoms with Crippen LogP contribution in [0.25, 0.3) is 10.9 Å². The van der Waals surface area contributed by atoms with Gasteiger partial charge in [0.2, 0.25) is 5.91 Å². The first-order valence-corrected chi connectivity index (χ1v) is 12.0. The number of hydrogen-bond acceptors (Lipinski definition) is 4. The molecule has 0 bridgehead atoms. The van der Waals surface area contributed by atoms with E-state index in [4.69, 9.17) is 0 Å². The predicted molar refractivity (Wildman–Crippen MR) is 129 cm³/mol. The topological polar surface area (TPSA) is 82.3 Å². The third kappa shape index (κ3) is 8.24. The number of fused-ring (bicyclic) bond motifs is 1. The number of anilines is 1. The second kappa shape index (κ2) is 12.2. The maximum absolute atomic E-state index is 12.8. The van der Waals surface area contributed by atoms with Crippen LogP contribution < -0.4 is 10.2 Å². The molecule has 0 saturated carbocycles. The number of nitrogens with zero attached hydrogens (tertiary/aromatic N) is 1. The van der Waals surface area contributed by atoms with Crippen LogP contribution in [0.3, 0.4) is 0 Å². The van der Waals surface area contributed by atoms with Crippen molar-refractivity contribution in [2.24, 2.45) is 0 Å². The molecule has 0 unspecified atom stereocenters. The second-order valence-electron chi connectivity index (χ2n) is 9.03. The number of aromatic amines is 1. The molecule has 1 aromatic heterocycles. The molecule has 15 heteroatoms. The van der Waals surface area contributed by atoms with Crippen LogP contribution in [-0.2, 0) is 27.0 Å². The van der Waals surface area contributed by atoms with Crippen LogP contribution in [0, 0.1) is 0 Å². The van der Waals surface area contributed by atoms with Crippen molar-refractivity contribution in [3.8, 4) is 0 Å². The Labute approximate surface area is 226 Å². The van der Waals surface area contributed by atoms with Gasteiger partial charge in [0.05, 0.1) is 12.0 Å². The van der Waals surface area contributed by atoms with Gasteiger partial charge in [-0.1, -0.05) is 18.2 Å². The van der Waals surface area contributed by atoms with Crippen molar-refractivity contribution in [2.75, 3.05) is 18.0 Å². The normalized spacial score (nSPS) is 15.8. The van der Waals surface area contributed by atoms with E-state index in [9.17, 15) is 53.9 Å². The number of H-pyrrole nitrogens is 1. The van der Waals surface area contributed by atoms with E-state index in [-0.39, 0.29) is 18.4 Å². The largest absolute Gasteiger partial charge is 0.458 e. The summed E-state index contributed by atoms with van der Waals surface area (Å²) < 4.78 is 105. The number of rotatable bonds is 6. The molecule has 222 valence electrons. The molecule has 0 aliphatic carbocycles. The molecule has 2 aromatic carbocycles. The third-order valence-electron chi connectivity index (χ3n) is 6.19. The zero-order valence-corrected chi connectivity index (χ0v) is 20.9. The van der Waals surface area contributed by atoms with Gasteiger partial charge in [0, 0.05) is 41.9 Å². The van der Waals surface area contributed by atoms with Crippen LogP contribution in [0.1, 0.15) is 24.0 Å². The summed E-state index contributed by atoms with van der Waals surface area (Å²) >= 11 is 0. The number of aromatic nitrogens is 1. The van der Waals surface area contributed by atoms with Crippen LogP contribution in [0.2, 0.25) is 0 Å². The molecule has 1 amide bonds. The number of Topliss-reactive ketones (excluding diaryl/α,β-unsaturated/α-hetero) is 2. The van der Waals surface area contributed by atoms with Gasteiger partial charge in [-0.3, -0.25) is 14.4 Å². The molecule has 1 aliphatic rings. The summed E-state index contributed by atoms with van der Waals surface area (Å²) in [4.78, 5) is 36.9. The fourth-order valence-corrected chi connectivity index (χ4v) is 4.23. The maximum Gasteiger partial charge on any atom is 0.458 e. The van der Waals surface area contributed by atoms with E-state index in [1.54, 1.807) is 0 Å². The van der Waals surface area contributed by atoms with Gasteiger partial charge in [-0.15, -0.1) is 0 Å². The lowest BCUT2D eigenvalue weighted by Gasteiger charge is -2.27. The average Bonchev–Trinajstić information content (AvgIpc) is 3.53. The van der Waals surface area contributed by atoms with Gasteiger partial charge in [-0.2, -0.15) is 39.5 Å². The summed E-state index contributed by atoms with van der Waals surface area (Å²) in [6.07, 6.45) is -11.9. The van der Waals surface area contributed by atoms with Crippen LogP contribution in [0.15, 0.2) is 54.7 Å². The lowest BCUT2D eigenvalue weighted by molar-refractivity contribution is -0.193. The van der Waals surface area contributed by atoms with Crippen molar-refractivity contribution in [3.63, 3.8) is 0 Å². The van der Waals surface area contributed by atoms with E-state index >= 15 is 0 Å². The van der Waals surface area contributed by atoms with Gasteiger partial charge in [-0.05, 0) is 48.7 Å². The molecule has 2 N–H and O–H groups in total. The minimum Gasteiger partial charge on any atom is -0.367 e. The van der Waals surface area contributed by atoms with Gasteiger partial charge < -0.3 is 15.2 Å². The molecule has 2 heterocycles. The van der Waals surface area contributed by atoms with Crippen molar-refractivity contribution in [1.29, 1.82) is 0 Å². The quantitative estimate of drug-likeness (QED) is 0.281. The molecule has 3 aromatic rings. The van der Waals surface area contributed by atoms with Gasteiger partial charge in [-0.25, -0.2) is 0 Å². The molecule has 1 saturated heterocycles. The van der Waals surface area contributed by atoms with Crippen molar-refractivity contribution < 1.29 is 53.9 Å². The summed E-state index contributed by atoms with van der Waals surface area (Å²) in [5, 5.41) is 4.03. The van der Waals surface area contributed by atoms with Crippen LogP contribution in [0.4, 0.5) is 45.2 Å². The lowest BCUT2D eigenvalue weighted by Crippen LogP contribution is -2.40. The first-order chi connectivity index (χ1) is 19.0. The van der Waals surface area contributed by atoms with E-state index in [1.807, 2.05) is 30.5 Å². The second-order valence-corrected chi connectivity index (χ2v) is 9.03. The highest BCUT2D eigenvalue weighted by atomic mass is 19.4. The number of benzene rings is 2. The molecule has 4 rings (SSSR count). The van der Waals surface area contributed by atoms with E-state index in [2.05, 4.69) is 15.2 Å². The minimum absolute atomic E-state index is 0.0611. The van der Waals surface area contributed by atoms with E-state index in [0.717, 1.165) is 53.7 Å². The molecule has 0 spiro atoms. The summed E-state index contributed by atoms with van der Waals surface area (Å²) in [5.74, 6) is -6.88. The molecule has 41 heavy (non-hydrogen) atoms. The standard InChI is InChI=1S/C22H22F3N3O.C4F6O2/c23-22(24,25)16-7-9-17(10-8-16)28-11-3-4-18(28)14-27-21(29)12-15-13-26-20-6-2-1-5-19(15)20;5-3(6,7)1(11)2(12)4(8,9)10/h1-2,5-10,13,18,26H,3-4,11-12,14H2,(H,27,29);/t18-;/m1./s1. The summed E-state index contributed by atoms with van der Waals surface area (Å²) in [6, 6.07) is 13.2. The van der Waals surface area contributed by atoms with E-state index in [0.29, 0.717) is 6.54 Å². The smallest absolute Gasteiger partial charge is 0.367 e. The molecule has 1 atom stereocenters. The van der Waals surface area contributed by atoms with Crippen LogP contribution >= 0.6 is 0 Å². The Kier molecular flexibility index (Phi) is 9.39. The fraction of sp³-hybridized carbons (Fsp3) is 0.346. The predicted octanol–water partition coefficient (Wildman–Crippen LogP) is 5.76. The highest BCUT2D eigenvalue weighted by Crippen LogP contribution is 2.32. The van der Waals surface area contributed by atoms with Crippen molar-refractivity contribution in [2.45, 2.75) is 43.8 Å². The van der Waals surface area contributed by atoms with Crippen LogP contribution in [0.5, 0.6) is 0 Å². The van der Waals surface area contributed by atoms with Gasteiger partial charge in [0.1, 0.15) is 0 Å². The van der Waals surface area contributed by atoms with Crippen molar-refractivity contribution >= 4 is 34.1 Å². The Morgan fingerprint density at radius 1 is 0.854 bits per heavy atom. The zero-order chi connectivity index (χ0) is 30.6. The number of para-hydroxylation sites is 1. The van der Waals surface area contributed by atoms with E-state index < -0.39 is 35.7 Å². The average molecular weight is 595 g/mol. The van der Waals surface area contributed by atoms with E-state index in [1.165, 1.54) is 12.1 Å². The molecular weight excluding hydrogens is 573 g/mol. The number of amides is 1. The lowest BCUT2D eigenvalue weighted by atomic mass is 10.1. The third-order valence-corrected chi connectivity index (χ3v) is 6.19. The first-order valence-electron chi connectivity index (χ1n) is 12.0. The number of ketones is 2. The van der Waals surface area contributed by atoms with Gasteiger partial charge >= 0.3 is 30.1 Å². The summed E-state index contributed by atoms with van der Waals surface area (Å²) in [7, 11) is 0. The number of nitrogens with one attached hydrogen (secondary N) is 2. The Hall–Kier alpha value is -4.04. The molecule has 0 radical (unpaired) electrons. The minimum atomic E-state index is -5.77. The summed E-state index contributed by atoms with van der Waals surface area (Å²) in [6.45, 7) is 1.25. The monoisotopic (exact) mass is 595 g/mol. The number of alkyl halides is 9. The molecule has 1 fully saturated rings.